The van der Waals surface area contributed by atoms with E-state index >= 15 is 0 Å². The molecule has 0 atom stereocenters. The van der Waals surface area contributed by atoms with Crippen LogP contribution in [0.3, 0.4) is 0 Å². The first-order chi connectivity index (χ1) is 15.8. The van der Waals surface area contributed by atoms with Crippen molar-refractivity contribution in [2.75, 3.05) is 6.61 Å². The molecule has 1 nitrogen and oxygen atoms in total. The average Bonchev–Trinajstić information content (AvgIpc) is 2.86. The molecule has 3 aromatic rings. The lowest BCUT2D eigenvalue weighted by atomic mass is 9.78. The highest BCUT2D eigenvalue weighted by molar-refractivity contribution is 5.70. The van der Waals surface area contributed by atoms with Crippen LogP contribution < -0.4 is 0 Å². The summed E-state index contributed by atoms with van der Waals surface area (Å²) in [7, 11) is 0. The standard InChI is InChI=1S/C31H36O/c1-3-5-24-6-10-26(11-7-24)28-14-18-30(19-15-28)31-20-16-29(17-21-31)27-12-8-25(9-13-27)23-32-22-4-2/h3,5,8-9,12-21,24,26H,4,6-7,10-11,22-23H2,1-2H3/t24-,26-. The minimum absolute atomic E-state index is 0.695. The molecule has 0 spiro atoms. The van der Waals surface area contributed by atoms with E-state index < -0.39 is 0 Å². The van der Waals surface area contributed by atoms with Gasteiger partial charge in [-0.2, -0.15) is 0 Å². The molecule has 0 radical (unpaired) electrons. The number of hydrogen-bond donors (Lipinski definition) is 0. The van der Waals surface area contributed by atoms with E-state index in [9.17, 15) is 0 Å². The van der Waals surface area contributed by atoms with Crippen LogP contribution in [0.25, 0.3) is 22.3 Å². The van der Waals surface area contributed by atoms with Gasteiger partial charge in [-0.15, -0.1) is 0 Å². The molecule has 0 amide bonds. The number of allylic oxidation sites excluding steroid dienone is 2. The lowest BCUT2D eigenvalue weighted by Gasteiger charge is -2.27. The highest BCUT2D eigenvalue weighted by Gasteiger charge is 2.20. The molecule has 1 saturated carbocycles. The summed E-state index contributed by atoms with van der Waals surface area (Å²) in [6, 6.07) is 27.0. The Morgan fingerprint density at radius 2 is 1.22 bits per heavy atom. The van der Waals surface area contributed by atoms with Crippen molar-refractivity contribution < 1.29 is 4.74 Å². The largest absolute Gasteiger partial charge is 0.377 e. The molecule has 3 aromatic carbocycles. The third kappa shape index (κ3) is 5.78. The van der Waals surface area contributed by atoms with Crippen molar-refractivity contribution >= 4 is 0 Å². The van der Waals surface area contributed by atoms with Gasteiger partial charge in [0.1, 0.15) is 0 Å². The van der Waals surface area contributed by atoms with E-state index in [1.165, 1.54) is 59.1 Å². The van der Waals surface area contributed by atoms with E-state index in [-0.39, 0.29) is 0 Å². The molecule has 1 aliphatic carbocycles. The zero-order valence-electron chi connectivity index (χ0n) is 19.6. The van der Waals surface area contributed by atoms with Gasteiger partial charge in [0.25, 0.3) is 0 Å². The molecule has 1 heteroatoms. The number of rotatable bonds is 8. The molecule has 32 heavy (non-hydrogen) atoms. The Bertz CT molecular complexity index is 972. The van der Waals surface area contributed by atoms with Crippen LogP contribution in [-0.4, -0.2) is 6.61 Å². The Kier molecular flexibility index (Phi) is 7.96. The predicted molar refractivity (Wildman–Crippen MR) is 137 cm³/mol. The Hall–Kier alpha value is -2.64. The summed E-state index contributed by atoms with van der Waals surface area (Å²) < 4.78 is 5.64. The molecule has 0 aromatic heterocycles. The molecular formula is C31H36O. The topological polar surface area (TPSA) is 9.23 Å². The van der Waals surface area contributed by atoms with Crippen LogP contribution in [0.4, 0.5) is 0 Å². The maximum atomic E-state index is 5.64. The molecule has 0 aliphatic heterocycles. The van der Waals surface area contributed by atoms with Crippen molar-refractivity contribution in [2.45, 2.75) is 58.5 Å². The lowest BCUT2D eigenvalue weighted by Crippen LogP contribution is -2.11. The van der Waals surface area contributed by atoms with Gasteiger partial charge >= 0.3 is 0 Å². The molecule has 0 saturated heterocycles. The maximum absolute atomic E-state index is 5.64. The van der Waals surface area contributed by atoms with E-state index in [2.05, 4.69) is 98.8 Å². The van der Waals surface area contributed by atoms with Gasteiger partial charge in [0.05, 0.1) is 6.61 Å². The van der Waals surface area contributed by atoms with Gasteiger partial charge < -0.3 is 4.74 Å². The predicted octanol–water partition coefficient (Wildman–Crippen LogP) is 8.80. The van der Waals surface area contributed by atoms with E-state index in [1.807, 2.05) is 0 Å². The Labute approximate surface area is 194 Å². The monoisotopic (exact) mass is 424 g/mol. The van der Waals surface area contributed by atoms with E-state index in [1.54, 1.807) is 0 Å². The van der Waals surface area contributed by atoms with Crippen molar-refractivity contribution in [1.82, 2.24) is 0 Å². The fourth-order valence-electron chi connectivity index (χ4n) is 4.85. The highest BCUT2D eigenvalue weighted by Crippen LogP contribution is 2.37. The molecule has 1 fully saturated rings. The summed E-state index contributed by atoms with van der Waals surface area (Å²) in [5, 5.41) is 0. The zero-order valence-corrected chi connectivity index (χ0v) is 19.6. The average molecular weight is 425 g/mol. The van der Waals surface area contributed by atoms with Crippen LogP contribution in [0.5, 0.6) is 0 Å². The van der Waals surface area contributed by atoms with Gasteiger partial charge in [0, 0.05) is 6.61 Å². The molecule has 4 rings (SSSR count). The van der Waals surface area contributed by atoms with E-state index in [4.69, 9.17) is 4.74 Å². The first-order valence-electron chi connectivity index (χ1n) is 12.3. The smallest absolute Gasteiger partial charge is 0.0716 e. The summed E-state index contributed by atoms with van der Waals surface area (Å²) in [5.74, 6) is 1.52. The third-order valence-corrected chi connectivity index (χ3v) is 6.74. The molecule has 1 aliphatic rings. The fraction of sp³-hybridized carbons (Fsp3) is 0.355. The zero-order chi connectivity index (χ0) is 22.2. The van der Waals surface area contributed by atoms with Crippen LogP contribution in [0, 0.1) is 5.92 Å². The molecule has 166 valence electrons. The lowest BCUT2D eigenvalue weighted by molar-refractivity contribution is 0.121. The van der Waals surface area contributed by atoms with Gasteiger partial charge in [-0.1, -0.05) is 91.9 Å². The van der Waals surface area contributed by atoms with E-state index in [0.29, 0.717) is 6.61 Å². The minimum Gasteiger partial charge on any atom is -0.377 e. The molecule has 0 bridgehead atoms. The van der Waals surface area contributed by atoms with Crippen molar-refractivity contribution in [3.05, 3.63) is 96.1 Å². The summed E-state index contributed by atoms with van der Waals surface area (Å²) in [6.07, 6.45) is 10.9. The van der Waals surface area contributed by atoms with Crippen LogP contribution in [-0.2, 0) is 11.3 Å². The number of ether oxygens (including phenoxy) is 1. The summed E-state index contributed by atoms with van der Waals surface area (Å²) in [5.41, 5.74) is 7.82. The first-order valence-corrected chi connectivity index (χ1v) is 12.3. The van der Waals surface area contributed by atoms with Crippen molar-refractivity contribution in [3.63, 3.8) is 0 Å². The van der Waals surface area contributed by atoms with Crippen molar-refractivity contribution in [1.29, 1.82) is 0 Å². The van der Waals surface area contributed by atoms with Gasteiger partial charge in [-0.05, 0) is 84.2 Å². The van der Waals surface area contributed by atoms with Crippen LogP contribution in [0.2, 0.25) is 0 Å². The second-order valence-corrected chi connectivity index (χ2v) is 9.09. The summed E-state index contributed by atoms with van der Waals surface area (Å²) >= 11 is 0. The second kappa shape index (κ2) is 11.3. The summed E-state index contributed by atoms with van der Waals surface area (Å²) in [4.78, 5) is 0. The summed E-state index contributed by atoms with van der Waals surface area (Å²) in [6.45, 7) is 5.79. The van der Waals surface area contributed by atoms with Crippen LogP contribution in [0.15, 0.2) is 84.9 Å². The molecular weight excluding hydrogens is 388 g/mol. The fourth-order valence-corrected chi connectivity index (χ4v) is 4.85. The normalized spacial score (nSPS) is 18.8. The molecule has 0 unspecified atom stereocenters. The van der Waals surface area contributed by atoms with E-state index in [0.717, 1.165) is 24.9 Å². The maximum Gasteiger partial charge on any atom is 0.0716 e. The van der Waals surface area contributed by atoms with Crippen LogP contribution >= 0.6 is 0 Å². The first kappa shape index (κ1) is 22.6. The van der Waals surface area contributed by atoms with Gasteiger partial charge in [-0.3, -0.25) is 0 Å². The number of hydrogen-bond acceptors (Lipinski definition) is 1. The Morgan fingerprint density at radius 1 is 0.719 bits per heavy atom. The SMILES string of the molecule is CC=C[C@H]1CC[C@H](c2ccc(-c3ccc(-c4ccc(COCCC)cc4)cc3)cc2)CC1. The Morgan fingerprint density at radius 3 is 1.72 bits per heavy atom. The quantitative estimate of drug-likeness (QED) is 0.259. The third-order valence-electron chi connectivity index (χ3n) is 6.74. The molecule has 0 N–H and O–H groups in total. The highest BCUT2D eigenvalue weighted by atomic mass is 16.5. The van der Waals surface area contributed by atoms with Crippen LogP contribution in [0.1, 0.15) is 63.0 Å². The Balaban J connectivity index is 1.38. The van der Waals surface area contributed by atoms with Gasteiger partial charge in [-0.25, -0.2) is 0 Å². The van der Waals surface area contributed by atoms with Crippen molar-refractivity contribution in [2.24, 2.45) is 5.92 Å². The molecule has 0 heterocycles. The van der Waals surface area contributed by atoms with Gasteiger partial charge in [0.15, 0.2) is 0 Å². The second-order valence-electron chi connectivity index (χ2n) is 9.09. The van der Waals surface area contributed by atoms with Crippen molar-refractivity contribution in [3.8, 4) is 22.3 Å². The van der Waals surface area contributed by atoms with Gasteiger partial charge in [0.2, 0.25) is 0 Å². The minimum atomic E-state index is 0.695. The number of benzene rings is 3.